The van der Waals surface area contributed by atoms with Gasteiger partial charge in [0, 0.05) is 6.54 Å². The third-order valence-electron chi connectivity index (χ3n) is 6.54. The lowest BCUT2D eigenvalue weighted by Crippen LogP contribution is -2.51. The molecule has 5 fully saturated rings. The molecule has 1 heterocycles. The molecule has 0 aromatic rings. The number of urea groups is 1. The summed E-state index contributed by atoms with van der Waals surface area (Å²) in [5, 5.41) is 0. The maximum atomic E-state index is 12.8. The molecule has 4 saturated carbocycles. The topological polar surface area (TPSA) is 72.6 Å². The van der Waals surface area contributed by atoms with Crippen LogP contribution in [0.2, 0.25) is 0 Å². The highest BCUT2D eigenvalue weighted by Crippen LogP contribution is 2.60. The summed E-state index contributed by atoms with van der Waals surface area (Å²) in [6.45, 7) is 1.01. The van der Waals surface area contributed by atoms with E-state index in [1.165, 1.54) is 19.3 Å². The van der Waals surface area contributed by atoms with Crippen molar-refractivity contribution in [2.24, 2.45) is 28.9 Å². The van der Waals surface area contributed by atoms with E-state index >= 15 is 0 Å². The van der Waals surface area contributed by atoms with Crippen LogP contribution in [0.3, 0.4) is 0 Å². The Hall–Kier alpha value is -1.26. The highest BCUT2D eigenvalue weighted by molar-refractivity contribution is 5.77. The third kappa shape index (κ3) is 2.29. The van der Waals surface area contributed by atoms with Gasteiger partial charge in [0.05, 0.1) is 11.5 Å². The van der Waals surface area contributed by atoms with Gasteiger partial charge in [0.2, 0.25) is 0 Å². The van der Waals surface area contributed by atoms with Gasteiger partial charge in [-0.2, -0.15) is 0 Å². The first-order valence-electron chi connectivity index (χ1n) is 8.79. The minimum absolute atomic E-state index is 0.00270. The fraction of sp³-hybridized carbons (Fsp3) is 0.882. The molecule has 1 saturated heterocycles. The number of hydrogen-bond acceptors (Lipinski definition) is 3. The number of primary amides is 1. The number of esters is 1. The van der Waals surface area contributed by atoms with Gasteiger partial charge in [-0.3, -0.25) is 4.79 Å². The summed E-state index contributed by atoms with van der Waals surface area (Å²) in [7, 11) is 0. The SMILES string of the molecule is NC(=O)N1CCC[C@H]1COC(=O)C12CC3CC(CC(C3)C1)C2. The number of nitrogens with two attached hydrogens (primary N) is 1. The summed E-state index contributed by atoms with van der Waals surface area (Å²) in [6, 6.07) is -0.413. The van der Waals surface area contributed by atoms with Gasteiger partial charge >= 0.3 is 12.0 Å². The zero-order chi connectivity index (χ0) is 15.3. The van der Waals surface area contributed by atoms with E-state index < -0.39 is 6.03 Å². The van der Waals surface area contributed by atoms with E-state index in [9.17, 15) is 9.59 Å². The summed E-state index contributed by atoms with van der Waals surface area (Å²) < 4.78 is 5.70. The average Bonchev–Trinajstić information content (AvgIpc) is 2.91. The summed E-state index contributed by atoms with van der Waals surface area (Å²) >= 11 is 0. The smallest absolute Gasteiger partial charge is 0.315 e. The standard InChI is InChI=1S/C17H26N2O3/c18-16(21)19-3-1-2-14(19)10-22-15(20)17-7-11-4-12(8-17)6-13(5-11)9-17/h11-14H,1-10H2,(H2,18,21)/t11?,12?,13?,14-,17?/m0/s1. The predicted octanol–water partition coefficient (Wildman–Crippen LogP) is 2.29. The van der Waals surface area contributed by atoms with E-state index in [-0.39, 0.29) is 17.4 Å². The molecular formula is C17H26N2O3. The van der Waals surface area contributed by atoms with Crippen LogP contribution in [0.1, 0.15) is 51.4 Å². The van der Waals surface area contributed by atoms with E-state index in [1.807, 2.05) is 0 Å². The molecule has 5 rings (SSSR count). The van der Waals surface area contributed by atoms with E-state index in [4.69, 9.17) is 10.5 Å². The molecule has 4 bridgehead atoms. The highest BCUT2D eigenvalue weighted by Gasteiger charge is 2.55. The molecule has 122 valence electrons. The Balaban J connectivity index is 1.39. The highest BCUT2D eigenvalue weighted by atomic mass is 16.5. The molecule has 2 amide bonds. The van der Waals surface area contributed by atoms with Gasteiger partial charge in [-0.25, -0.2) is 4.79 Å². The second-order valence-electron chi connectivity index (χ2n) is 8.12. The van der Waals surface area contributed by atoms with Gasteiger partial charge < -0.3 is 15.4 Å². The molecule has 0 radical (unpaired) electrons. The largest absolute Gasteiger partial charge is 0.463 e. The van der Waals surface area contributed by atoms with Crippen LogP contribution in [0, 0.1) is 23.2 Å². The van der Waals surface area contributed by atoms with E-state index in [0.29, 0.717) is 13.2 Å². The predicted molar refractivity (Wildman–Crippen MR) is 80.9 cm³/mol. The van der Waals surface area contributed by atoms with Crippen molar-refractivity contribution in [2.45, 2.75) is 57.4 Å². The Kier molecular flexibility index (Phi) is 3.35. The van der Waals surface area contributed by atoms with Crippen molar-refractivity contribution in [3.8, 4) is 0 Å². The van der Waals surface area contributed by atoms with Gasteiger partial charge in [-0.1, -0.05) is 0 Å². The number of nitrogens with zero attached hydrogens (tertiary/aromatic N) is 1. The summed E-state index contributed by atoms with van der Waals surface area (Å²) in [5.74, 6) is 2.23. The number of carbonyl (C=O) groups excluding carboxylic acids is 2. The number of ether oxygens (including phenoxy) is 1. The quantitative estimate of drug-likeness (QED) is 0.813. The fourth-order valence-corrected chi connectivity index (χ4v) is 5.98. The lowest BCUT2D eigenvalue weighted by atomic mass is 9.49. The molecule has 0 unspecified atom stereocenters. The molecule has 1 atom stereocenters. The Morgan fingerprint density at radius 3 is 2.23 bits per heavy atom. The number of carbonyl (C=O) groups is 2. The van der Waals surface area contributed by atoms with E-state index in [2.05, 4.69) is 0 Å². The summed E-state index contributed by atoms with van der Waals surface area (Å²) in [4.78, 5) is 25.8. The van der Waals surface area contributed by atoms with Gasteiger partial charge in [-0.05, 0) is 69.1 Å². The first-order valence-corrected chi connectivity index (χ1v) is 8.79. The van der Waals surface area contributed by atoms with Crippen molar-refractivity contribution in [1.29, 1.82) is 0 Å². The number of hydrogen-bond donors (Lipinski definition) is 1. The fourth-order valence-electron chi connectivity index (χ4n) is 5.98. The molecule has 4 aliphatic carbocycles. The molecule has 22 heavy (non-hydrogen) atoms. The molecule has 5 heteroatoms. The summed E-state index contributed by atoms with van der Waals surface area (Å²) in [5.41, 5.74) is 5.18. The van der Waals surface area contributed by atoms with Crippen LogP contribution in [0.15, 0.2) is 0 Å². The number of amides is 2. The van der Waals surface area contributed by atoms with Crippen LogP contribution < -0.4 is 5.73 Å². The molecule has 1 aliphatic heterocycles. The molecule has 5 aliphatic rings. The second-order valence-corrected chi connectivity index (χ2v) is 8.12. The summed E-state index contributed by atoms with van der Waals surface area (Å²) in [6.07, 6.45) is 8.89. The maximum absolute atomic E-state index is 12.8. The molecule has 0 spiro atoms. The lowest BCUT2D eigenvalue weighted by molar-refractivity contribution is -0.172. The van der Waals surface area contributed by atoms with Crippen molar-refractivity contribution in [1.82, 2.24) is 4.90 Å². The van der Waals surface area contributed by atoms with Gasteiger partial charge in [0.1, 0.15) is 6.61 Å². The van der Waals surface area contributed by atoms with Crippen LogP contribution in [0.25, 0.3) is 0 Å². The van der Waals surface area contributed by atoms with Crippen molar-refractivity contribution < 1.29 is 14.3 Å². The van der Waals surface area contributed by atoms with Crippen LogP contribution in [-0.2, 0) is 9.53 Å². The number of rotatable bonds is 3. The third-order valence-corrected chi connectivity index (χ3v) is 6.54. The second kappa shape index (κ2) is 5.14. The first-order chi connectivity index (χ1) is 10.6. The van der Waals surface area contributed by atoms with Gasteiger partial charge in [-0.15, -0.1) is 0 Å². The van der Waals surface area contributed by atoms with E-state index in [0.717, 1.165) is 49.9 Å². The molecule has 2 N–H and O–H groups in total. The van der Waals surface area contributed by atoms with Crippen LogP contribution in [0.5, 0.6) is 0 Å². The van der Waals surface area contributed by atoms with Crippen molar-refractivity contribution in [3.05, 3.63) is 0 Å². The Labute approximate surface area is 131 Å². The Bertz CT molecular complexity index is 455. The lowest BCUT2D eigenvalue weighted by Gasteiger charge is -2.55. The Morgan fingerprint density at radius 2 is 1.68 bits per heavy atom. The molecular weight excluding hydrogens is 280 g/mol. The average molecular weight is 306 g/mol. The van der Waals surface area contributed by atoms with Gasteiger partial charge in [0.25, 0.3) is 0 Å². The van der Waals surface area contributed by atoms with Crippen LogP contribution in [0.4, 0.5) is 4.79 Å². The zero-order valence-electron chi connectivity index (χ0n) is 13.1. The Morgan fingerprint density at radius 1 is 1.09 bits per heavy atom. The van der Waals surface area contributed by atoms with Gasteiger partial charge in [0.15, 0.2) is 0 Å². The first kappa shape index (κ1) is 14.3. The van der Waals surface area contributed by atoms with Crippen molar-refractivity contribution >= 4 is 12.0 Å². The monoisotopic (exact) mass is 306 g/mol. The zero-order valence-corrected chi connectivity index (χ0v) is 13.1. The van der Waals surface area contributed by atoms with E-state index in [1.54, 1.807) is 4.90 Å². The minimum atomic E-state index is -0.395. The maximum Gasteiger partial charge on any atom is 0.315 e. The molecule has 5 nitrogen and oxygen atoms in total. The minimum Gasteiger partial charge on any atom is -0.463 e. The normalized spacial score (nSPS) is 42.6. The van der Waals surface area contributed by atoms with Crippen molar-refractivity contribution in [2.75, 3.05) is 13.2 Å². The van der Waals surface area contributed by atoms with Crippen molar-refractivity contribution in [3.63, 3.8) is 0 Å². The van der Waals surface area contributed by atoms with Crippen LogP contribution >= 0.6 is 0 Å². The molecule has 0 aromatic heterocycles. The number of likely N-dealkylation sites (tertiary alicyclic amines) is 1. The van der Waals surface area contributed by atoms with Crippen LogP contribution in [-0.4, -0.2) is 36.1 Å². The molecule has 0 aromatic carbocycles.